The van der Waals surface area contributed by atoms with Gasteiger partial charge in [0.25, 0.3) is 0 Å². The summed E-state index contributed by atoms with van der Waals surface area (Å²) in [5, 5.41) is 0. The van der Waals surface area contributed by atoms with Gasteiger partial charge < -0.3 is 16.2 Å². The van der Waals surface area contributed by atoms with Crippen LogP contribution in [0.15, 0.2) is 0 Å². The van der Waals surface area contributed by atoms with Crippen molar-refractivity contribution in [3.8, 4) is 0 Å². The Kier molecular flexibility index (Phi) is 5.78. The minimum absolute atomic E-state index is 0.0435. The molecule has 0 rings (SSSR count). The average Bonchev–Trinajstić information content (AvgIpc) is 1.97. The predicted molar refractivity (Wildman–Crippen MR) is 42.9 cm³/mol. The maximum Gasteiger partial charge on any atom is 0.319 e. The molecule has 0 aliphatic rings. The molecule has 0 bridgehead atoms. The Balaban J connectivity index is 3.08. The van der Waals surface area contributed by atoms with E-state index >= 15 is 0 Å². The molecule has 4 heteroatoms. The van der Waals surface area contributed by atoms with Crippen LogP contribution in [0.2, 0.25) is 0 Å². The Hall–Kier alpha value is -0.610. The second-order valence-corrected chi connectivity index (χ2v) is 2.54. The van der Waals surface area contributed by atoms with E-state index < -0.39 is 0 Å². The van der Waals surface area contributed by atoms with Crippen LogP contribution >= 0.6 is 0 Å². The lowest BCUT2D eigenvalue weighted by molar-refractivity contribution is -0.142. The lowest BCUT2D eigenvalue weighted by atomic mass is 10.2. The molecule has 0 aromatic rings. The number of carbonyl (C=O) groups excluding carboxylic acids is 1. The molecule has 0 aliphatic carbocycles. The fourth-order valence-electron chi connectivity index (χ4n) is 0.650. The first-order chi connectivity index (χ1) is 5.16. The molecule has 4 N–H and O–H groups in total. The minimum atomic E-state index is -0.352. The second kappa shape index (κ2) is 6.12. The van der Waals surface area contributed by atoms with Crippen LogP contribution < -0.4 is 11.5 Å². The van der Waals surface area contributed by atoms with Crippen LogP contribution in [0.4, 0.5) is 0 Å². The van der Waals surface area contributed by atoms with Gasteiger partial charge in [-0.1, -0.05) is 0 Å². The first-order valence-electron chi connectivity index (χ1n) is 3.78. The third kappa shape index (κ3) is 7.29. The Morgan fingerprint density at radius 2 is 2.27 bits per heavy atom. The third-order valence-electron chi connectivity index (χ3n) is 1.23. The van der Waals surface area contributed by atoms with Gasteiger partial charge >= 0.3 is 5.97 Å². The van der Waals surface area contributed by atoms with E-state index in [9.17, 15) is 4.79 Å². The van der Waals surface area contributed by atoms with Crippen molar-refractivity contribution in [2.24, 2.45) is 11.5 Å². The van der Waals surface area contributed by atoms with E-state index in [2.05, 4.69) is 0 Å². The van der Waals surface area contributed by atoms with Gasteiger partial charge in [0, 0.05) is 6.04 Å². The zero-order valence-corrected chi connectivity index (χ0v) is 6.88. The molecular formula is C7H16N2O2. The first-order valence-corrected chi connectivity index (χ1v) is 3.78. The number of esters is 1. The van der Waals surface area contributed by atoms with Crippen molar-refractivity contribution in [3.05, 3.63) is 0 Å². The van der Waals surface area contributed by atoms with Crippen LogP contribution in [-0.2, 0) is 9.53 Å². The molecular weight excluding hydrogens is 144 g/mol. The Morgan fingerprint density at radius 3 is 2.73 bits per heavy atom. The van der Waals surface area contributed by atoms with Crippen LogP contribution in [0.3, 0.4) is 0 Å². The van der Waals surface area contributed by atoms with Gasteiger partial charge in [-0.2, -0.15) is 0 Å². The van der Waals surface area contributed by atoms with Gasteiger partial charge in [-0.25, -0.2) is 0 Å². The van der Waals surface area contributed by atoms with Crippen molar-refractivity contribution in [1.29, 1.82) is 0 Å². The average molecular weight is 160 g/mol. The maximum absolute atomic E-state index is 10.5. The molecule has 0 amide bonds. The lowest BCUT2D eigenvalue weighted by Gasteiger charge is -2.04. The number of nitrogens with two attached hydrogens (primary N) is 2. The van der Waals surface area contributed by atoms with E-state index in [0.29, 0.717) is 6.61 Å². The molecule has 0 saturated carbocycles. The Labute approximate surface area is 66.9 Å². The predicted octanol–water partition coefficient (Wildman–Crippen LogP) is -0.384. The summed E-state index contributed by atoms with van der Waals surface area (Å²) < 4.78 is 4.72. The number of rotatable bonds is 5. The number of hydrogen-bond acceptors (Lipinski definition) is 4. The topological polar surface area (TPSA) is 78.3 Å². The number of carbonyl (C=O) groups is 1. The molecule has 0 heterocycles. The summed E-state index contributed by atoms with van der Waals surface area (Å²) in [7, 11) is 0. The SMILES string of the molecule is CC(N)CCCOC(=O)CN. The van der Waals surface area contributed by atoms with Crippen LogP contribution in [0.1, 0.15) is 19.8 Å². The largest absolute Gasteiger partial charge is 0.465 e. The molecule has 0 aromatic heterocycles. The highest BCUT2D eigenvalue weighted by Gasteiger charge is 1.98. The number of hydrogen-bond donors (Lipinski definition) is 2. The van der Waals surface area contributed by atoms with Gasteiger partial charge in [0.05, 0.1) is 13.2 Å². The summed E-state index contributed by atoms with van der Waals surface area (Å²) in [4.78, 5) is 10.5. The fourth-order valence-corrected chi connectivity index (χ4v) is 0.650. The second-order valence-electron chi connectivity index (χ2n) is 2.54. The van der Waals surface area contributed by atoms with E-state index in [1.165, 1.54) is 0 Å². The Bertz CT molecular complexity index is 115. The molecule has 1 unspecified atom stereocenters. The van der Waals surface area contributed by atoms with Crippen LogP contribution in [0.25, 0.3) is 0 Å². The highest BCUT2D eigenvalue weighted by molar-refractivity contribution is 5.71. The minimum Gasteiger partial charge on any atom is -0.465 e. The molecule has 0 aliphatic heterocycles. The van der Waals surface area contributed by atoms with E-state index in [1.54, 1.807) is 0 Å². The summed E-state index contributed by atoms with van der Waals surface area (Å²) >= 11 is 0. The normalized spacial score (nSPS) is 12.6. The smallest absolute Gasteiger partial charge is 0.319 e. The summed E-state index contributed by atoms with van der Waals surface area (Å²) in [5.74, 6) is -0.352. The van der Waals surface area contributed by atoms with Gasteiger partial charge in [0.1, 0.15) is 0 Å². The summed E-state index contributed by atoms with van der Waals surface area (Å²) in [5.41, 5.74) is 10.5. The molecule has 1 atom stereocenters. The molecule has 0 fully saturated rings. The maximum atomic E-state index is 10.5. The zero-order chi connectivity index (χ0) is 8.69. The third-order valence-corrected chi connectivity index (χ3v) is 1.23. The van der Waals surface area contributed by atoms with Crippen molar-refractivity contribution in [1.82, 2.24) is 0 Å². The van der Waals surface area contributed by atoms with Crippen LogP contribution in [-0.4, -0.2) is 25.2 Å². The van der Waals surface area contributed by atoms with Gasteiger partial charge in [0.15, 0.2) is 0 Å². The fraction of sp³-hybridized carbons (Fsp3) is 0.857. The van der Waals surface area contributed by atoms with Crippen LogP contribution in [0, 0.1) is 0 Å². The molecule has 0 spiro atoms. The summed E-state index contributed by atoms with van der Waals surface area (Å²) in [6, 6.07) is 0.173. The van der Waals surface area contributed by atoms with Crippen molar-refractivity contribution in [2.75, 3.05) is 13.2 Å². The van der Waals surface area contributed by atoms with Crippen molar-refractivity contribution < 1.29 is 9.53 Å². The van der Waals surface area contributed by atoms with Crippen molar-refractivity contribution >= 4 is 5.97 Å². The first kappa shape index (κ1) is 10.4. The Morgan fingerprint density at radius 1 is 1.64 bits per heavy atom. The zero-order valence-electron chi connectivity index (χ0n) is 6.88. The van der Waals surface area contributed by atoms with E-state index in [4.69, 9.17) is 16.2 Å². The lowest BCUT2D eigenvalue weighted by Crippen LogP contribution is -2.19. The monoisotopic (exact) mass is 160 g/mol. The highest BCUT2D eigenvalue weighted by Crippen LogP contribution is 1.93. The van der Waals surface area contributed by atoms with Gasteiger partial charge in [-0.15, -0.1) is 0 Å². The molecule has 66 valence electrons. The van der Waals surface area contributed by atoms with Crippen molar-refractivity contribution in [3.63, 3.8) is 0 Å². The van der Waals surface area contributed by atoms with Gasteiger partial charge in [-0.3, -0.25) is 4.79 Å². The van der Waals surface area contributed by atoms with Crippen LogP contribution in [0.5, 0.6) is 0 Å². The molecule has 4 nitrogen and oxygen atoms in total. The van der Waals surface area contributed by atoms with Gasteiger partial charge in [-0.05, 0) is 19.8 Å². The number of ether oxygens (including phenoxy) is 1. The highest BCUT2D eigenvalue weighted by atomic mass is 16.5. The van der Waals surface area contributed by atoms with Gasteiger partial charge in [0.2, 0.25) is 0 Å². The standard InChI is InChI=1S/C7H16N2O2/c1-6(9)3-2-4-11-7(10)5-8/h6H,2-5,8-9H2,1H3. The van der Waals surface area contributed by atoms with E-state index in [-0.39, 0.29) is 18.6 Å². The molecule has 0 radical (unpaired) electrons. The summed E-state index contributed by atoms with van der Waals surface area (Å²) in [6.45, 7) is 2.31. The quantitative estimate of drug-likeness (QED) is 0.424. The molecule has 0 aromatic carbocycles. The molecule has 11 heavy (non-hydrogen) atoms. The summed E-state index contributed by atoms with van der Waals surface area (Å²) in [6.07, 6.45) is 1.68. The van der Waals surface area contributed by atoms with E-state index in [1.807, 2.05) is 6.92 Å². The van der Waals surface area contributed by atoms with E-state index in [0.717, 1.165) is 12.8 Å². The molecule has 0 saturated heterocycles. The van der Waals surface area contributed by atoms with Crippen molar-refractivity contribution in [2.45, 2.75) is 25.8 Å².